The molecule has 1 aliphatic heterocycles. The van der Waals surface area contributed by atoms with Gasteiger partial charge in [-0.3, -0.25) is 4.79 Å². The Bertz CT molecular complexity index is 908. The van der Waals surface area contributed by atoms with Gasteiger partial charge in [0.15, 0.2) is 6.29 Å². The molecule has 1 aliphatic rings. The summed E-state index contributed by atoms with van der Waals surface area (Å²) >= 11 is 0. The van der Waals surface area contributed by atoms with E-state index in [1.54, 1.807) is 0 Å². The first-order chi connectivity index (χ1) is 29.3. The summed E-state index contributed by atoms with van der Waals surface area (Å²) in [6, 6.07) is -0.711. The summed E-state index contributed by atoms with van der Waals surface area (Å²) in [6.45, 7) is 3.85. The predicted octanol–water partition coefficient (Wildman–Crippen LogP) is 11.9. The smallest absolute Gasteiger partial charge is 0.220 e. The molecule has 0 spiro atoms. The van der Waals surface area contributed by atoms with Crippen molar-refractivity contribution in [1.29, 1.82) is 0 Å². The van der Waals surface area contributed by atoms with Gasteiger partial charge in [0.05, 0.1) is 25.4 Å². The number of aliphatic hydroxyl groups excluding tert-OH is 5. The van der Waals surface area contributed by atoms with Gasteiger partial charge in [-0.1, -0.05) is 245 Å². The highest BCUT2D eigenvalue weighted by Crippen LogP contribution is 2.23. The molecule has 1 rings (SSSR count). The van der Waals surface area contributed by atoms with Crippen LogP contribution in [0.2, 0.25) is 0 Å². The average molecular weight is 856 g/mol. The lowest BCUT2D eigenvalue weighted by Gasteiger charge is -2.40. The van der Waals surface area contributed by atoms with Crippen LogP contribution in [-0.4, -0.2) is 87.5 Å². The van der Waals surface area contributed by atoms with Crippen LogP contribution in [0.15, 0.2) is 0 Å². The summed E-state index contributed by atoms with van der Waals surface area (Å²) in [4.78, 5) is 13.0. The van der Waals surface area contributed by atoms with Crippen LogP contribution >= 0.6 is 0 Å². The van der Waals surface area contributed by atoms with Gasteiger partial charge in [-0.15, -0.1) is 0 Å². The Morgan fingerprint density at radius 1 is 0.500 bits per heavy atom. The fourth-order valence-corrected chi connectivity index (χ4v) is 8.75. The molecule has 0 aromatic carbocycles. The number of hydrogen-bond acceptors (Lipinski definition) is 8. The van der Waals surface area contributed by atoms with E-state index < -0.39 is 49.5 Å². The van der Waals surface area contributed by atoms with Gasteiger partial charge >= 0.3 is 0 Å². The Morgan fingerprint density at radius 2 is 0.833 bits per heavy atom. The maximum Gasteiger partial charge on any atom is 0.220 e. The molecule has 6 N–H and O–H groups in total. The number of ether oxygens (including phenoxy) is 2. The summed E-state index contributed by atoms with van der Waals surface area (Å²) in [6.07, 6.45) is 41.4. The van der Waals surface area contributed by atoms with Crippen LogP contribution in [0, 0.1) is 0 Å². The highest BCUT2D eigenvalue weighted by molar-refractivity contribution is 5.76. The van der Waals surface area contributed by atoms with Crippen LogP contribution < -0.4 is 5.32 Å². The van der Waals surface area contributed by atoms with Crippen molar-refractivity contribution in [3.63, 3.8) is 0 Å². The van der Waals surface area contributed by atoms with Crippen molar-refractivity contribution in [3.05, 3.63) is 0 Å². The molecular weight excluding hydrogens is 755 g/mol. The van der Waals surface area contributed by atoms with Crippen molar-refractivity contribution in [2.24, 2.45) is 0 Å². The number of aliphatic hydroxyl groups is 5. The van der Waals surface area contributed by atoms with Crippen LogP contribution in [0.5, 0.6) is 0 Å². The third-order valence-electron chi connectivity index (χ3n) is 13.0. The molecule has 0 saturated carbocycles. The molecule has 60 heavy (non-hydrogen) atoms. The van der Waals surface area contributed by atoms with Gasteiger partial charge in [-0.2, -0.15) is 0 Å². The fourth-order valence-electron chi connectivity index (χ4n) is 8.75. The quantitative estimate of drug-likeness (QED) is 0.0332. The summed E-state index contributed by atoms with van der Waals surface area (Å²) in [5.74, 6) is -0.139. The molecule has 7 atom stereocenters. The molecule has 1 saturated heterocycles. The van der Waals surface area contributed by atoms with E-state index in [2.05, 4.69) is 19.2 Å². The van der Waals surface area contributed by atoms with E-state index in [9.17, 15) is 30.3 Å². The number of hydrogen-bond donors (Lipinski definition) is 6. The normalized spacial score (nSPS) is 20.4. The number of carbonyl (C=O) groups excluding carboxylic acids is 1. The second-order valence-corrected chi connectivity index (χ2v) is 18.7. The molecule has 1 heterocycles. The Morgan fingerprint density at radius 3 is 1.18 bits per heavy atom. The van der Waals surface area contributed by atoms with E-state index in [-0.39, 0.29) is 12.5 Å². The van der Waals surface area contributed by atoms with Gasteiger partial charge in [0.25, 0.3) is 0 Å². The van der Waals surface area contributed by atoms with Crippen molar-refractivity contribution in [1.82, 2.24) is 5.32 Å². The average Bonchev–Trinajstić information content (AvgIpc) is 3.25. The van der Waals surface area contributed by atoms with Crippen LogP contribution in [0.3, 0.4) is 0 Å². The molecule has 0 bridgehead atoms. The van der Waals surface area contributed by atoms with E-state index in [1.807, 2.05) is 0 Å². The van der Waals surface area contributed by atoms with E-state index in [0.717, 1.165) is 38.5 Å². The molecule has 0 radical (unpaired) electrons. The van der Waals surface area contributed by atoms with E-state index >= 15 is 0 Å². The zero-order valence-electron chi connectivity index (χ0n) is 39.5. The third-order valence-corrected chi connectivity index (χ3v) is 13.0. The Hall–Kier alpha value is -0.810. The van der Waals surface area contributed by atoms with E-state index in [1.165, 1.54) is 199 Å². The molecule has 0 aliphatic carbocycles. The van der Waals surface area contributed by atoms with Gasteiger partial charge in [-0.25, -0.2) is 0 Å². The molecule has 9 nitrogen and oxygen atoms in total. The minimum absolute atomic E-state index is 0.132. The fraction of sp³-hybridized carbons (Fsp3) is 0.980. The first-order valence-electron chi connectivity index (χ1n) is 26.2. The first-order valence-corrected chi connectivity index (χ1v) is 26.2. The molecular formula is C51H101NO8. The van der Waals surface area contributed by atoms with Gasteiger partial charge in [0.2, 0.25) is 5.91 Å². The largest absolute Gasteiger partial charge is 0.394 e. The predicted molar refractivity (Wildman–Crippen MR) is 249 cm³/mol. The number of carbonyl (C=O) groups is 1. The first kappa shape index (κ1) is 57.2. The molecule has 0 aromatic heterocycles. The molecule has 0 aromatic rings. The van der Waals surface area contributed by atoms with Crippen LogP contribution in [0.25, 0.3) is 0 Å². The number of amides is 1. The monoisotopic (exact) mass is 856 g/mol. The Kier molecular flexibility index (Phi) is 40.2. The zero-order chi connectivity index (χ0) is 43.7. The maximum atomic E-state index is 13.0. The highest BCUT2D eigenvalue weighted by atomic mass is 16.7. The van der Waals surface area contributed by atoms with Crippen LogP contribution in [-0.2, 0) is 14.3 Å². The maximum absolute atomic E-state index is 13.0. The summed E-state index contributed by atoms with van der Waals surface area (Å²) in [5.41, 5.74) is 0. The van der Waals surface area contributed by atoms with Gasteiger partial charge in [0.1, 0.15) is 24.4 Å². The topological polar surface area (TPSA) is 149 Å². The summed E-state index contributed by atoms with van der Waals surface area (Å²) < 4.78 is 11.3. The van der Waals surface area contributed by atoms with E-state index in [4.69, 9.17) is 9.47 Å². The van der Waals surface area contributed by atoms with Crippen molar-refractivity contribution in [2.75, 3.05) is 13.2 Å². The minimum atomic E-state index is -1.55. The van der Waals surface area contributed by atoms with E-state index in [0.29, 0.717) is 12.8 Å². The molecule has 358 valence electrons. The SMILES string of the molecule is CCCCCCCCCCCCCCCCCCCCCCCCCCCCC(=O)N[C@@H](CO[C@@H]1O[C@H](CO)[C@H](O)C(O)C1O)[C@H](O)CCCCCCCCCCCCC. The number of unbranched alkanes of at least 4 members (excludes halogenated alkanes) is 35. The van der Waals surface area contributed by atoms with Crippen molar-refractivity contribution < 1.29 is 39.8 Å². The lowest BCUT2D eigenvalue weighted by molar-refractivity contribution is -0.302. The van der Waals surface area contributed by atoms with Gasteiger partial charge < -0.3 is 40.3 Å². The Balaban J connectivity index is 2.15. The molecule has 2 unspecified atom stereocenters. The highest BCUT2D eigenvalue weighted by Gasteiger charge is 2.44. The van der Waals surface area contributed by atoms with Gasteiger partial charge in [-0.05, 0) is 12.8 Å². The third kappa shape index (κ3) is 31.9. The van der Waals surface area contributed by atoms with Crippen LogP contribution in [0.1, 0.15) is 264 Å². The number of nitrogens with one attached hydrogen (secondary N) is 1. The lowest BCUT2D eigenvalue weighted by Crippen LogP contribution is -2.60. The number of rotatable bonds is 45. The second kappa shape index (κ2) is 42.2. The summed E-state index contributed by atoms with van der Waals surface area (Å²) in [5, 5.41) is 54.4. The zero-order valence-corrected chi connectivity index (χ0v) is 39.5. The lowest BCUT2D eigenvalue weighted by atomic mass is 9.99. The minimum Gasteiger partial charge on any atom is -0.394 e. The van der Waals surface area contributed by atoms with Crippen molar-refractivity contribution >= 4 is 5.91 Å². The second-order valence-electron chi connectivity index (χ2n) is 18.7. The van der Waals surface area contributed by atoms with Crippen molar-refractivity contribution in [2.45, 2.75) is 307 Å². The van der Waals surface area contributed by atoms with Gasteiger partial charge in [0, 0.05) is 6.42 Å². The Labute approximate surface area is 370 Å². The standard InChI is InChI=1S/C51H101NO8/c1-3-5-7-9-11-13-15-16-17-18-19-20-21-22-23-24-25-26-27-28-29-31-33-35-37-39-41-47(55)52-44(43-59-51-50(58)49(57)48(56)46(42-53)60-51)45(54)40-38-36-34-32-30-14-12-10-8-6-4-2/h44-46,48-51,53-54,56-58H,3-43H2,1-2H3,(H,52,55)/t44-,45+,46+,48-,49?,50?,51+/m0/s1. The summed E-state index contributed by atoms with van der Waals surface area (Å²) in [7, 11) is 0. The molecule has 1 fully saturated rings. The molecule has 1 amide bonds. The van der Waals surface area contributed by atoms with Crippen molar-refractivity contribution in [3.8, 4) is 0 Å². The van der Waals surface area contributed by atoms with Crippen LogP contribution in [0.4, 0.5) is 0 Å². The molecule has 9 heteroatoms.